The lowest BCUT2D eigenvalue weighted by molar-refractivity contribution is -0.870. The SMILES string of the molecule is CC/C=C\C/C=C\C/C=C\C/C=C\C/C=C\C/C=C\C/C=C\C/C=C\C/C=C\C/C=C\C/C=C\CCCCCCCC(=O)NC(COP(=O)(O)OCC[N+](C)(C)C)C(O)/C=C/CC/C=C/CC/C=C/CC. The lowest BCUT2D eigenvalue weighted by atomic mass is 10.1. The highest BCUT2D eigenvalue weighted by Gasteiger charge is 2.27. The van der Waals surface area contributed by atoms with Crippen LogP contribution in [0.1, 0.15) is 162 Å². The van der Waals surface area contributed by atoms with Crippen molar-refractivity contribution in [2.24, 2.45) is 0 Å². The van der Waals surface area contributed by atoms with E-state index in [1.807, 2.05) is 27.2 Å². The van der Waals surface area contributed by atoms with Crippen LogP contribution >= 0.6 is 7.82 Å². The van der Waals surface area contributed by atoms with E-state index in [1.165, 1.54) is 0 Å². The number of allylic oxidation sites excluding steroid dienone is 27. The summed E-state index contributed by atoms with van der Waals surface area (Å²) >= 11 is 0. The quantitative estimate of drug-likeness (QED) is 0.0243. The molecule has 398 valence electrons. The van der Waals surface area contributed by atoms with E-state index >= 15 is 0 Å². The summed E-state index contributed by atoms with van der Waals surface area (Å²) in [6.07, 6.45) is 81.9. The van der Waals surface area contributed by atoms with Crippen LogP contribution in [0.25, 0.3) is 0 Å². The molecule has 0 radical (unpaired) electrons. The Hall–Kier alpha value is -4.14. The average Bonchev–Trinajstić information content (AvgIpc) is 3.33. The largest absolute Gasteiger partial charge is 0.472 e. The van der Waals surface area contributed by atoms with Crippen molar-refractivity contribution in [3.8, 4) is 0 Å². The molecule has 3 unspecified atom stereocenters. The number of aliphatic hydroxyl groups excluding tert-OH is 1. The summed E-state index contributed by atoms with van der Waals surface area (Å²) in [6.45, 7) is 4.48. The van der Waals surface area contributed by atoms with E-state index in [9.17, 15) is 19.4 Å². The Morgan fingerprint density at radius 3 is 1.24 bits per heavy atom. The maximum absolute atomic E-state index is 12.9. The molecule has 0 rings (SSSR count). The molecule has 0 saturated heterocycles. The summed E-state index contributed by atoms with van der Waals surface area (Å²) in [5, 5.41) is 13.8. The van der Waals surface area contributed by atoms with E-state index in [0.29, 0.717) is 17.4 Å². The van der Waals surface area contributed by atoms with Crippen molar-refractivity contribution < 1.29 is 32.9 Å². The lowest BCUT2D eigenvalue weighted by Gasteiger charge is -2.25. The van der Waals surface area contributed by atoms with Gasteiger partial charge in [-0.1, -0.05) is 203 Å². The third kappa shape index (κ3) is 53.5. The fourth-order valence-corrected chi connectivity index (χ4v) is 7.23. The number of amides is 1. The molecule has 3 N–H and O–H groups in total. The van der Waals surface area contributed by atoms with Gasteiger partial charge in [0.25, 0.3) is 0 Å². The van der Waals surface area contributed by atoms with E-state index in [0.717, 1.165) is 141 Å². The molecule has 0 aromatic rings. The van der Waals surface area contributed by atoms with Gasteiger partial charge < -0.3 is 19.8 Å². The summed E-state index contributed by atoms with van der Waals surface area (Å²) in [4.78, 5) is 23.1. The second-order valence-corrected chi connectivity index (χ2v) is 19.9. The molecule has 0 aliphatic rings. The number of unbranched alkanes of at least 4 members (excludes halogenated alkanes) is 7. The highest BCUT2D eigenvalue weighted by atomic mass is 31.2. The molecule has 0 aromatic carbocycles. The second-order valence-electron chi connectivity index (χ2n) is 18.5. The van der Waals surface area contributed by atoms with Crippen LogP contribution in [0.4, 0.5) is 0 Å². The predicted molar refractivity (Wildman–Crippen MR) is 308 cm³/mol. The van der Waals surface area contributed by atoms with E-state index < -0.39 is 20.0 Å². The Labute approximate surface area is 434 Å². The summed E-state index contributed by atoms with van der Waals surface area (Å²) < 4.78 is 23.5. The molecule has 3 atom stereocenters. The number of aliphatic hydroxyl groups is 1. The van der Waals surface area contributed by atoms with E-state index in [1.54, 1.807) is 6.08 Å². The van der Waals surface area contributed by atoms with Gasteiger partial charge in [0.05, 0.1) is 39.9 Å². The highest BCUT2D eigenvalue weighted by Crippen LogP contribution is 2.43. The molecule has 0 saturated carbocycles. The monoisotopic (exact) mass is 1000 g/mol. The molecule has 0 spiro atoms. The Morgan fingerprint density at radius 2 is 0.817 bits per heavy atom. The topological polar surface area (TPSA) is 105 Å². The van der Waals surface area contributed by atoms with Crippen molar-refractivity contribution in [3.63, 3.8) is 0 Å². The minimum absolute atomic E-state index is 0.0393. The lowest BCUT2D eigenvalue weighted by Crippen LogP contribution is -2.45. The van der Waals surface area contributed by atoms with Crippen LogP contribution in [-0.4, -0.2) is 73.4 Å². The normalized spacial score (nSPS) is 15.3. The maximum Gasteiger partial charge on any atom is 0.472 e. The summed E-state index contributed by atoms with van der Waals surface area (Å²) in [7, 11) is 1.50. The molecule has 0 aromatic heterocycles. The van der Waals surface area contributed by atoms with Gasteiger partial charge in [0.2, 0.25) is 5.91 Å². The van der Waals surface area contributed by atoms with Gasteiger partial charge >= 0.3 is 7.82 Å². The first-order valence-electron chi connectivity index (χ1n) is 27.0. The second kappa shape index (κ2) is 50.8. The van der Waals surface area contributed by atoms with E-state index in [2.05, 4.69) is 177 Å². The van der Waals surface area contributed by atoms with E-state index in [4.69, 9.17) is 9.05 Å². The molecule has 1 amide bonds. The Morgan fingerprint density at radius 1 is 0.479 bits per heavy atom. The number of nitrogens with one attached hydrogen (secondary N) is 1. The predicted octanol–water partition coefficient (Wildman–Crippen LogP) is 16.5. The number of rotatable bonds is 46. The first kappa shape index (κ1) is 66.9. The molecule has 0 heterocycles. The van der Waals surface area contributed by atoms with Crippen LogP contribution in [-0.2, 0) is 18.4 Å². The van der Waals surface area contributed by atoms with Gasteiger partial charge in [-0.2, -0.15) is 0 Å². The number of likely N-dealkylation sites (N-methyl/N-ethyl adjacent to an activating group) is 1. The number of quaternary nitrogens is 1. The molecule has 71 heavy (non-hydrogen) atoms. The zero-order chi connectivity index (χ0) is 52.0. The summed E-state index contributed by atoms with van der Waals surface area (Å²) in [5.74, 6) is -0.222. The number of hydrogen-bond donors (Lipinski definition) is 3. The van der Waals surface area contributed by atoms with Crippen molar-refractivity contribution in [1.82, 2.24) is 5.32 Å². The third-order valence-electron chi connectivity index (χ3n) is 10.7. The molecule has 0 aliphatic carbocycles. The van der Waals surface area contributed by atoms with Gasteiger partial charge in [-0.25, -0.2) is 4.57 Å². The Bertz CT molecular complexity index is 1750. The van der Waals surface area contributed by atoms with Crippen LogP contribution in [0.15, 0.2) is 170 Å². The highest BCUT2D eigenvalue weighted by molar-refractivity contribution is 7.47. The van der Waals surface area contributed by atoms with Crippen LogP contribution in [0.2, 0.25) is 0 Å². The summed E-state index contributed by atoms with van der Waals surface area (Å²) in [5.41, 5.74) is 0. The Kier molecular flexibility index (Phi) is 47.8. The minimum atomic E-state index is -4.37. The smallest absolute Gasteiger partial charge is 0.387 e. The third-order valence-corrected chi connectivity index (χ3v) is 11.6. The van der Waals surface area contributed by atoms with Crippen molar-refractivity contribution in [1.29, 1.82) is 0 Å². The van der Waals surface area contributed by atoms with Gasteiger partial charge in [0.1, 0.15) is 13.2 Å². The zero-order valence-corrected chi connectivity index (χ0v) is 46.0. The van der Waals surface area contributed by atoms with Crippen LogP contribution in [0.3, 0.4) is 0 Å². The molecular weight excluding hydrogens is 900 g/mol. The molecule has 0 aliphatic heterocycles. The first-order chi connectivity index (χ1) is 34.5. The maximum atomic E-state index is 12.9. The van der Waals surface area contributed by atoms with Crippen LogP contribution in [0, 0.1) is 0 Å². The molecule has 8 nitrogen and oxygen atoms in total. The molecule has 0 bridgehead atoms. The number of carbonyl (C=O) groups is 1. The molecular formula is C62H100N2O6P+. The fourth-order valence-electron chi connectivity index (χ4n) is 6.49. The zero-order valence-electron chi connectivity index (χ0n) is 45.1. The van der Waals surface area contributed by atoms with Gasteiger partial charge in [0.15, 0.2) is 0 Å². The van der Waals surface area contributed by atoms with Crippen LogP contribution < -0.4 is 5.32 Å². The van der Waals surface area contributed by atoms with E-state index in [-0.39, 0.29) is 19.1 Å². The molecule has 9 heteroatoms. The van der Waals surface area contributed by atoms with Crippen LogP contribution in [0.5, 0.6) is 0 Å². The number of hydrogen-bond acceptors (Lipinski definition) is 5. The summed E-state index contributed by atoms with van der Waals surface area (Å²) in [6, 6.07) is -0.891. The van der Waals surface area contributed by atoms with Gasteiger partial charge in [-0.3, -0.25) is 13.8 Å². The fraction of sp³-hybridized carbons (Fsp3) is 0.532. The van der Waals surface area contributed by atoms with Crippen molar-refractivity contribution in [3.05, 3.63) is 170 Å². The minimum Gasteiger partial charge on any atom is -0.387 e. The van der Waals surface area contributed by atoms with Crippen molar-refractivity contribution in [2.45, 2.75) is 174 Å². The number of carbonyl (C=O) groups excluding carboxylic acids is 1. The van der Waals surface area contributed by atoms with Gasteiger partial charge in [-0.15, -0.1) is 0 Å². The first-order valence-corrected chi connectivity index (χ1v) is 28.5. The Balaban J connectivity index is 4.18. The van der Waals surface area contributed by atoms with Crippen molar-refractivity contribution in [2.75, 3.05) is 40.9 Å². The van der Waals surface area contributed by atoms with Gasteiger partial charge in [-0.05, 0) is 122 Å². The number of phosphoric ester groups is 1. The number of phosphoric acid groups is 1. The van der Waals surface area contributed by atoms with Gasteiger partial charge in [0, 0.05) is 6.42 Å². The standard InChI is InChI=1S/C62H99N2O6P/c1-6-8-10-12-14-16-18-19-20-21-22-23-24-25-26-27-28-29-30-31-32-33-34-35-36-37-38-39-40-41-42-43-44-45-46-48-50-52-54-56-62(66)63-60(59-70-71(67,68)69-58-57-64(3,4)5)61(65)55-53-51-49-47-17-15-13-11-9-7-2/h8-11,14,16-17,19-20,22-23,25-26,28-29,31-32,34-35,37-38,40-41,43-44,47,53,55,60-61,65H,6-7,12-13,15,18,21,24,27,30,33,36,39,42,45-46,48-52,54,56-59H2,1-5H3,(H-,63,66,67,68)/p+1/b10-8-,11-9+,16-14-,20-19-,23-22-,26-25-,29-28-,32-31-,35-34-,38-37-,41-40-,44-43-,47-17+,55-53+. The molecule has 0 fully saturated rings. The number of nitrogens with zero attached hydrogens (tertiary/aromatic N) is 1. The average molecular weight is 1000 g/mol. The van der Waals surface area contributed by atoms with Crippen molar-refractivity contribution >= 4 is 13.7 Å².